The molecule has 0 atom stereocenters. The molecular weight excluding hydrogens is 278 g/mol. The largest absolute Gasteiger partial charge is 0.492 e. The Morgan fingerprint density at radius 1 is 1.15 bits per heavy atom. The molecule has 2 aromatic heterocycles. The molecule has 0 fully saturated rings. The average molecular weight is 290 g/mol. The topological polar surface area (TPSA) is 48.5 Å². The maximum absolute atomic E-state index is 12.0. The van der Waals surface area contributed by atoms with Crippen LogP contribution in [0.1, 0.15) is 0 Å². The summed E-state index contributed by atoms with van der Waals surface area (Å²) in [4.78, 5) is 12.0. The molecule has 0 spiro atoms. The van der Waals surface area contributed by atoms with Gasteiger partial charge in [0, 0.05) is 11.2 Å². The highest BCUT2D eigenvalue weighted by molar-refractivity contribution is 6.30. The van der Waals surface area contributed by atoms with Crippen molar-refractivity contribution in [3.63, 3.8) is 0 Å². The highest BCUT2D eigenvalue weighted by Gasteiger charge is 2.05. The van der Waals surface area contributed by atoms with Gasteiger partial charge in [-0.1, -0.05) is 17.7 Å². The van der Waals surface area contributed by atoms with Crippen LogP contribution in [0.4, 0.5) is 0 Å². The number of benzene rings is 1. The number of halogens is 1. The molecule has 0 aliphatic heterocycles. The van der Waals surface area contributed by atoms with Crippen LogP contribution in [0.5, 0.6) is 5.75 Å². The van der Waals surface area contributed by atoms with Gasteiger partial charge in [0.1, 0.15) is 12.4 Å². The lowest BCUT2D eigenvalue weighted by atomic mass is 10.3. The summed E-state index contributed by atoms with van der Waals surface area (Å²) in [6.45, 7) is 0.758. The molecule has 102 valence electrons. The van der Waals surface area contributed by atoms with Gasteiger partial charge in [0.15, 0.2) is 5.65 Å². The van der Waals surface area contributed by atoms with E-state index in [-0.39, 0.29) is 5.69 Å². The Morgan fingerprint density at radius 3 is 2.70 bits per heavy atom. The van der Waals surface area contributed by atoms with E-state index in [0.717, 1.165) is 0 Å². The van der Waals surface area contributed by atoms with Crippen LogP contribution in [-0.2, 0) is 6.54 Å². The molecule has 20 heavy (non-hydrogen) atoms. The molecule has 0 saturated carbocycles. The molecule has 6 heteroatoms. The molecule has 0 aliphatic carbocycles. The molecule has 0 bridgehead atoms. The highest BCUT2D eigenvalue weighted by atomic mass is 35.5. The van der Waals surface area contributed by atoms with Gasteiger partial charge in [0.05, 0.1) is 6.54 Å². The standard InChI is InChI=1S/C14H12ClN3O2/c15-11-4-6-12(7-5-11)20-10-9-18-14(19)17-8-2-1-3-13(17)16-18/h1-8H,9-10H2. The molecule has 3 rings (SSSR count). The lowest BCUT2D eigenvalue weighted by Crippen LogP contribution is -2.23. The number of aromatic nitrogens is 3. The van der Waals surface area contributed by atoms with E-state index in [9.17, 15) is 4.79 Å². The fraction of sp³-hybridized carbons (Fsp3) is 0.143. The smallest absolute Gasteiger partial charge is 0.350 e. The third-order valence-electron chi connectivity index (χ3n) is 2.87. The summed E-state index contributed by atoms with van der Waals surface area (Å²) in [6, 6.07) is 12.5. The first kappa shape index (κ1) is 12.7. The van der Waals surface area contributed by atoms with Gasteiger partial charge in [0.2, 0.25) is 0 Å². The minimum absolute atomic E-state index is 0.166. The molecule has 2 heterocycles. The van der Waals surface area contributed by atoms with Crippen LogP contribution in [0.3, 0.4) is 0 Å². The highest BCUT2D eigenvalue weighted by Crippen LogP contribution is 2.15. The first-order valence-electron chi connectivity index (χ1n) is 6.16. The molecule has 0 N–H and O–H groups in total. The Hall–Kier alpha value is -2.27. The summed E-state index contributed by atoms with van der Waals surface area (Å²) >= 11 is 5.79. The number of pyridine rings is 1. The van der Waals surface area contributed by atoms with Gasteiger partial charge in [0.25, 0.3) is 0 Å². The van der Waals surface area contributed by atoms with Gasteiger partial charge in [-0.25, -0.2) is 9.48 Å². The van der Waals surface area contributed by atoms with Crippen molar-refractivity contribution in [2.24, 2.45) is 0 Å². The van der Waals surface area contributed by atoms with E-state index in [0.29, 0.717) is 29.6 Å². The van der Waals surface area contributed by atoms with E-state index in [1.54, 1.807) is 42.6 Å². The van der Waals surface area contributed by atoms with E-state index in [1.807, 2.05) is 6.07 Å². The number of fused-ring (bicyclic) bond motifs is 1. The minimum Gasteiger partial charge on any atom is -0.492 e. The van der Waals surface area contributed by atoms with E-state index in [4.69, 9.17) is 16.3 Å². The number of nitrogens with zero attached hydrogens (tertiary/aromatic N) is 3. The van der Waals surface area contributed by atoms with E-state index in [1.165, 1.54) is 9.08 Å². The summed E-state index contributed by atoms with van der Waals surface area (Å²) in [5.41, 5.74) is 0.462. The van der Waals surface area contributed by atoms with E-state index >= 15 is 0 Å². The molecule has 0 amide bonds. The predicted molar refractivity (Wildman–Crippen MR) is 76.4 cm³/mol. The van der Waals surface area contributed by atoms with Crippen molar-refractivity contribution in [3.05, 3.63) is 64.2 Å². The zero-order valence-electron chi connectivity index (χ0n) is 10.6. The summed E-state index contributed by atoms with van der Waals surface area (Å²) in [5, 5.41) is 4.88. The molecule has 0 radical (unpaired) electrons. The molecule has 5 nitrogen and oxygen atoms in total. The second-order valence-electron chi connectivity index (χ2n) is 4.24. The normalized spacial score (nSPS) is 10.8. The molecule has 3 aromatic rings. The second-order valence-corrected chi connectivity index (χ2v) is 4.67. The number of hydrogen-bond donors (Lipinski definition) is 0. The number of ether oxygens (including phenoxy) is 1. The first-order valence-corrected chi connectivity index (χ1v) is 6.54. The minimum atomic E-state index is -0.166. The van der Waals surface area contributed by atoms with E-state index in [2.05, 4.69) is 5.10 Å². The molecule has 0 unspecified atom stereocenters. The van der Waals surface area contributed by atoms with Crippen LogP contribution >= 0.6 is 11.6 Å². The average Bonchev–Trinajstić information content (AvgIpc) is 2.78. The van der Waals surface area contributed by atoms with Gasteiger partial charge >= 0.3 is 5.69 Å². The molecule has 1 aromatic carbocycles. The third-order valence-corrected chi connectivity index (χ3v) is 3.13. The quantitative estimate of drug-likeness (QED) is 0.740. The summed E-state index contributed by atoms with van der Waals surface area (Å²) in [6.07, 6.45) is 1.70. The number of rotatable bonds is 4. The van der Waals surface area contributed by atoms with Crippen molar-refractivity contribution < 1.29 is 4.74 Å². The number of hydrogen-bond acceptors (Lipinski definition) is 3. The maximum atomic E-state index is 12.0. The zero-order valence-corrected chi connectivity index (χ0v) is 11.3. The van der Waals surface area contributed by atoms with Crippen LogP contribution < -0.4 is 10.4 Å². The fourth-order valence-corrected chi connectivity index (χ4v) is 2.02. The Bertz CT molecular complexity index is 777. The predicted octanol–water partition coefficient (Wildman–Crippen LogP) is 2.23. The van der Waals surface area contributed by atoms with Crippen molar-refractivity contribution in [3.8, 4) is 5.75 Å². The second kappa shape index (κ2) is 5.38. The lowest BCUT2D eigenvalue weighted by Gasteiger charge is -2.05. The molecule has 0 aliphatic rings. The Kier molecular flexibility index (Phi) is 3.43. The van der Waals surface area contributed by atoms with Gasteiger partial charge in [-0.05, 0) is 36.4 Å². The van der Waals surface area contributed by atoms with E-state index < -0.39 is 0 Å². The Labute approximate surface area is 120 Å². The summed E-state index contributed by atoms with van der Waals surface area (Å²) in [5.74, 6) is 0.714. The van der Waals surface area contributed by atoms with Crippen LogP contribution in [0, 0.1) is 0 Å². The van der Waals surface area contributed by atoms with Crippen LogP contribution in [0.15, 0.2) is 53.5 Å². The van der Waals surface area contributed by atoms with Gasteiger partial charge in [-0.3, -0.25) is 4.40 Å². The summed E-state index contributed by atoms with van der Waals surface area (Å²) in [7, 11) is 0. The van der Waals surface area contributed by atoms with Crippen molar-refractivity contribution in [2.75, 3.05) is 6.61 Å². The van der Waals surface area contributed by atoms with Crippen LogP contribution in [0.25, 0.3) is 5.65 Å². The Balaban J connectivity index is 1.69. The monoisotopic (exact) mass is 289 g/mol. The van der Waals surface area contributed by atoms with Crippen molar-refractivity contribution in [1.82, 2.24) is 14.2 Å². The van der Waals surface area contributed by atoms with Crippen molar-refractivity contribution in [2.45, 2.75) is 6.54 Å². The van der Waals surface area contributed by atoms with Gasteiger partial charge < -0.3 is 4.74 Å². The lowest BCUT2D eigenvalue weighted by molar-refractivity contribution is 0.289. The molecular formula is C14H12ClN3O2. The maximum Gasteiger partial charge on any atom is 0.350 e. The summed E-state index contributed by atoms with van der Waals surface area (Å²) < 4.78 is 8.44. The third kappa shape index (κ3) is 2.53. The van der Waals surface area contributed by atoms with Crippen molar-refractivity contribution in [1.29, 1.82) is 0 Å². The SMILES string of the molecule is O=c1n(CCOc2ccc(Cl)cc2)nc2ccccn12. The molecule has 0 saturated heterocycles. The zero-order chi connectivity index (χ0) is 13.9. The van der Waals surface area contributed by atoms with Crippen molar-refractivity contribution >= 4 is 17.2 Å². The Morgan fingerprint density at radius 2 is 1.95 bits per heavy atom. The van der Waals surface area contributed by atoms with Crippen LogP contribution in [-0.4, -0.2) is 20.8 Å². The van der Waals surface area contributed by atoms with Gasteiger partial charge in [-0.2, -0.15) is 0 Å². The first-order chi connectivity index (χ1) is 9.74. The fourth-order valence-electron chi connectivity index (χ4n) is 1.89. The van der Waals surface area contributed by atoms with Gasteiger partial charge in [-0.15, -0.1) is 5.10 Å². The van der Waals surface area contributed by atoms with Crippen LogP contribution in [0.2, 0.25) is 5.02 Å².